The lowest BCUT2D eigenvalue weighted by molar-refractivity contribution is 0.427. The molecule has 0 spiro atoms. The number of aryl methyl sites for hydroxylation is 1. The molecule has 0 fully saturated rings. The molecular formula is C14H11ClFN3. The fourth-order valence-electron chi connectivity index (χ4n) is 2.02. The van der Waals surface area contributed by atoms with Crippen molar-refractivity contribution < 1.29 is 4.39 Å². The number of rotatable bonds is 3. The van der Waals surface area contributed by atoms with Crippen molar-refractivity contribution in [3.8, 4) is 11.1 Å². The molecule has 96 valence electrons. The van der Waals surface area contributed by atoms with Crippen LogP contribution in [0.1, 0.15) is 0 Å². The van der Waals surface area contributed by atoms with Crippen LogP contribution in [0.2, 0.25) is 5.15 Å². The van der Waals surface area contributed by atoms with E-state index in [2.05, 4.69) is 10.1 Å². The highest BCUT2D eigenvalue weighted by Gasteiger charge is 2.04. The number of halogens is 2. The van der Waals surface area contributed by atoms with E-state index in [1.54, 1.807) is 17.1 Å². The van der Waals surface area contributed by atoms with Crippen LogP contribution in [0.5, 0.6) is 0 Å². The summed E-state index contributed by atoms with van der Waals surface area (Å²) in [6, 6.07) is 7.83. The lowest BCUT2D eigenvalue weighted by Crippen LogP contribution is -1.98. The summed E-state index contributed by atoms with van der Waals surface area (Å²) >= 11 is 5.89. The Morgan fingerprint density at radius 2 is 2.00 bits per heavy atom. The summed E-state index contributed by atoms with van der Waals surface area (Å²) < 4.78 is 13.9. The minimum Gasteiger partial charge on any atom is -0.269 e. The molecule has 0 atom stereocenters. The fraction of sp³-hybridized carbons (Fsp3) is 0.143. The van der Waals surface area contributed by atoms with Crippen LogP contribution >= 0.6 is 11.6 Å². The van der Waals surface area contributed by atoms with Gasteiger partial charge in [0.1, 0.15) is 11.8 Å². The molecule has 0 amide bonds. The van der Waals surface area contributed by atoms with E-state index in [0.717, 1.165) is 21.9 Å². The molecule has 3 rings (SSSR count). The third-order valence-corrected chi connectivity index (χ3v) is 3.18. The number of nitrogens with zero attached hydrogens (tertiary/aromatic N) is 3. The van der Waals surface area contributed by atoms with Gasteiger partial charge in [0.05, 0.1) is 12.7 Å². The highest BCUT2D eigenvalue weighted by atomic mass is 35.5. The zero-order valence-electron chi connectivity index (χ0n) is 10.1. The third kappa shape index (κ3) is 2.44. The Labute approximate surface area is 114 Å². The predicted molar refractivity (Wildman–Crippen MR) is 73.9 cm³/mol. The van der Waals surface area contributed by atoms with Gasteiger partial charge in [-0.15, -0.1) is 0 Å². The summed E-state index contributed by atoms with van der Waals surface area (Å²) in [7, 11) is 0. The van der Waals surface area contributed by atoms with Crippen LogP contribution in [0, 0.1) is 0 Å². The molecule has 3 nitrogen and oxygen atoms in total. The summed E-state index contributed by atoms with van der Waals surface area (Å²) in [6.45, 7) is -0.135. The highest BCUT2D eigenvalue weighted by Crippen LogP contribution is 2.25. The normalized spacial score (nSPS) is 11.1. The lowest BCUT2D eigenvalue weighted by Gasteiger charge is -2.01. The predicted octanol–water partition coefficient (Wildman–Crippen LogP) is 3.72. The Balaban J connectivity index is 2.03. The first kappa shape index (κ1) is 12.1. The molecule has 0 unspecified atom stereocenters. The second kappa shape index (κ2) is 4.97. The minimum absolute atomic E-state index is 0.281. The molecule has 0 aliphatic heterocycles. The van der Waals surface area contributed by atoms with Gasteiger partial charge in [-0.25, -0.2) is 9.37 Å². The molecule has 19 heavy (non-hydrogen) atoms. The van der Waals surface area contributed by atoms with Crippen LogP contribution in [0.4, 0.5) is 4.39 Å². The summed E-state index contributed by atoms with van der Waals surface area (Å²) in [6.07, 6.45) is 5.32. The van der Waals surface area contributed by atoms with Crippen molar-refractivity contribution in [1.82, 2.24) is 14.8 Å². The summed E-state index contributed by atoms with van der Waals surface area (Å²) in [4.78, 5) is 4.05. The van der Waals surface area contributed by atoms with Crippen molar-refractivity contribution in [3.63, 3.8) is 0 Å². The van der Waals surface area contributed by atoms with Crippen molar-refractivity contribution in [1.29, 1.82) is 0 Å². The first-order valence-corrected chi connectivity index (χ1v) is 6.28. The van der Waals surface area contributed by atoms with E-state index in [-0.39, 0.29) is 6.54 Å². The Bertz CT molecular complexity index is 724. The van der Waals surface area contributed by atoms with Crippen molar-refractivity contribution in [2.45, 2.75) is 6.54 Å². The van der Waals surface area contributed by atoms with Crippen molar-refractivity contribution >= 4 is 22.4 Å². The molecule has 5 heteroatoms. The van der Waals surface area contributed by atoms with Gasteiger partial charge in [-0.05, 0) is 23.1 Å². The van der Waals surface area contributed by atoms with Gasteiger partial charge in [0.15, 0.2) is 0 Å². The molecule has 0 bridgehead atoms. The second-order valence-electron chi connectivity index (χ2n) is 4.25. The largest absolute Gasteiger partial charge is 0.269 e. The van der Waals surface area contributed by atoms with Crippen LogP contribution in [-0.2, 0) is 6.54 Å². The van der Waals surface area contributed by atoms with E-state index < -0.39 is 6.67 Å². The molecular weight excluding hydrogens is 265 g/mol. The first-order valence-electron chi connectivity index (χ1n) is 5.90. The van der Waals surface area contributed by atoms with Crippen molar-refractivity contribution in [3.05, 3.63) is 48.0 Å². The Hall–Kier alpha value is -1.94. The molecule has 0 saturated heterocycles. The van der Waals surface area contributed by atoms with Gasteiger partial charge in [-0.3, -0.25) is 4.68 Å². The maximum absolute atomic E-state index is 12.3. The number of fused-ring (bicyclic) bond motifs is 1. The minimum atomic E-state index is -0.417. The van der Waals surface area contributed by atoms with E-state index in [0.29, 0.717) is 5.15 Å². The van der Waals surface area contributed by atoms with Gasteiger partial charge in [-0.1, -0.05) is 23.7 Å². The molecule has 1 aromatic carbocycles. The average molecular weight is 276 g/mol. The zero-order valence-corrected chi connectivity index (χ0v) is 10.8. The number of alkyl halides is 1. The van der Waals surface area contributed by atoms with E-state index in [4.69, 9.17) is 11.6 Å². The topological polar surface area (TPSA) is 30.7 Å². The Kier molecular flexibility index (Phi) is 3.17. The number of hydrogen-bond donors (Lipinski definition) is 0. The Morgan fingerprint density at radius 1 is 1.11 bits per heavy atom. The van der Waals surface area contributed by atoms with E-state index in [9.17, 15) is 4.39 Å². The molecule has 0 radical (unpaired) electrons. The molecule has 0 saturated carbocycles. The van der Waals surface area contributed by atoms with Crippen molar-refractivity contribution in [2.24, 2.45) is 0 Å². The lowest BCUT2D eigenvalue weighted by atomic mass is 10.1. The second-order valence-corrected chi connectivity index (χ2v) is 4.64. The molecule has 0 N–H and O–H groups in total. The number of pyridine rings is 1. The summed E-state index contributed by atoms with van der Waals surface area (Å²) in [5.74, 6) is 0. The van der Waals surface area contributed by atoms with Crippen LogP contribution in [0.25, 0.3) is 21.9 Å². The summed E-state index contributed by atoms with van der Waals surface area (Å²) in [5, 5.41) is 6.64. The highest BCUT2D eigenvalue weighted by molar-refractivity contribution is 6.30. The van der Waals surface area contributed by atoms with Gasteiger partial charge in [-0.2, -0.15) is 5.10 Å². The maximum atomic E-state index is 12.3. The van der Waals surface area contributed by atoms with Gasteiger partial charge >= 0.3 is 0 Å². The average Bonchev–Trinajstić information content (AvgIpc) is 2.87. The van der Waals surface area contributed by atoms with Crippen molar-refractivity contribution in [2.75, 3.05) is 6.67 Å². The standard InChI is InChI=1S/C14H11ClFN3/c15-14-6-12-5-10(1-2-11(12)7-17-14)13-8-18-19(9-13)4-3-16/h1-2,5-9H,3-4H2. The van der Waals surface area contributed by atoms with Gasteiger partial charge in [0.25, 0.3) is 0 Å². The Morgan fingerprint density at radius 3 is 2.84 bits per heavy atom. The monoisotopic (exact) mass is 275 g/mol. The van der Waals surface area contributed by atoms with Gasteiger partial charge in [0, 0.05) is 23.3 Å². The number of aromatic nitrogens is 3. The smallest absolute Gasteiger partial charge is 0.129 e. The number of hydrogen-bond acceptors (Lipinski definition) is 2. The van der Waals surface area contributed by atoms with Gasteiger partial charge in [0.2, 0.25) is 0 Å². The van der Waals surface area contributed by atoms with Crippen LogP contribution in [0.3, 0.4) is 0 Å². The molecule has 2 heterocycles. The SMILES string of the molecule is FCCn1cc(-c2ccc3cnc(Cl)cc3c2)cn1. The molecule has 0 aliphatic carbocycles. The van der Waals surface area contributed by atoms with Crippen LogP contribution in [0.15, 0.2) is 42.9 Å². The third-order valence-electron chi connectivity index (χ3n) is 2.97. The quantitative estimate of drug-likeness (QED) is 0.682. The van der Waals surface area contributed by atoms with E-state index in [1.165, 1.54) is 0 Å². The number of benzene rings is 1. The maximum Gasteiger partial charge on any atom is 0.129 e. The fourth-order valence-corrected chi connectivity index (χ4v) is 2.18. The zero-order chi connectivity index (χ0) is 13.2. The van der Waals surface area contributed by atoms with E-state index >= 15 is 0 Å². The molecule has 3 aromatic rings. The van der Waals surface area contributed by atoms with Gasteiger partial charge < -0.3 is 0 Å². The van der Waals surface area contributed by atoms with E-state index in [1.807, 2.05) is 30.5 Å². The molecule has 2 aromatic heterocycles. The first-order chi connectivity index (χ1) is 9.26. The molecule has 0 aliphatic rings. The van der Waals surface area contributed by atoms with Crippen LogP contribution < -0.4 is 0 Å². The summed E-state index contributed by atoms with van der Waals surface area (Å²) in [5.41, 5.74) is 1.99. The van der Waals surface area contributed by atoms with Crippen LogP contribution in [-0.4, -0.2) is 21.4 Å².